The molecule has 0 aromatic rings. The molecule has 4 aliphatic carbocycles. The molecule has 176 valence electrons. The Morgan fingerprint density at radius 2 is 1.45 bits per heavy atom. The molecule has 0 radical (unpaired) electrons. The van der Waals surface area contributed by atoms with E-state index in [4.69, 9.17) is 0 Å². The number of aliphatic hydroxyl groups is 1. The van der Waals surface area contributed by atoms with Gasteiger partial charge in [0.05, 0.1) is 11.9 Å². The summed E-state index contributed by atoms with van der Waals surface area (Å²) in [4.78, 5) is 15.1. The summed E-state index contributed by atoms with van der Waals surface area (Å²) in [5.74, 6) is 3.41. The minimum absolute atomic E-state index is 0.0489. The molecule has 6 aliphatic rings. The Morgan fingerprint density at radius 1 is 0.871 bits per heavy atom. The van der Waals surface area contributed by atoms with Crippen LogP contribution in [0.4, 0.5) is 0 Å². The Kier molecular flexibility index (Phi) is 6.36. The number of carbonyl (C=O) groups excluding carboxylic acids is 1. The van der Waals surface area contributed by atoms with Crippen LogP contribution in [-0.4, -0.2) is 79.3 Å². The summed E-state index contributed by atoms with van der Waals surface area (Å²) in [6, 6.07) is 0.366. The predicted octanol–water partition coefficient (Wildman–Crippen LogP) is 1.43. The van der Waals surface area contributed by atoms with Gasteiger partial charge >= 0.3 is 0 Å². The molecule has 2 N–H and O–H groups in total. The maximum atomic E-state index is 13.0. The number of piperidine rings is 2. The molecule has 0 unspecified atom stereocenters. The quantitative estimate of drug-likeness (QED) is 0.635. The number of sulfonamides is 1. The van der Waals surface area contributed by atoms with E-state index < -0.39 is 10.0 Å². The van der Waals surface area contributed by atoms with Crippen molar-refractivity contribution in [3.8, 4) is 0 Å². The molecular formula is C23H39N3O4S. The van der Waals surface area contributed by atoms with E-state index in [9.17, 15) is 18.3 Å². The fraction of sp³-hybridized carbons (Fsp3) is 0.957. The van der Waals surface area contributed by atoms with Crippen molar-refractivity contribution < 1.29 is 18.3 Å². The van der Waals surface area contributed by atoms with E-state index in [1.54, 1.807) is 4.31 Å². The highest BCUT2D eigenvalue weighted by Gasteiger charge is 2.49. The van der Waals surface area contributed by atoms with Gasteiger partial charge in [-0.05, 0) is 81.5 Å². The number of hydrogen-bond donors (Lipinski definition) is 2. The number of nitrogens with zero attached hydrogens (tertiary/aromatic N) is 2. The van der Waals surface area contributed by atoms with E-state index in [1.165, 1.54) is 32.1 Å². The molecule has 2 saturated heterocycles. The zero-order valence-corrected chi connectivity index (χ0v) is 19.4. The molecule has 6 rings (SSSR count). The fourth-order valence-electron chi connectivity index (χ4n) is 7.36. The van der Waals surface area contributed by atoms with Gasteiger partial charge in [0.15, 0.2) is 0 Å². The molecule has 7 nitrogen and oxygen atoms in total. The summed E-state index contributed by atoms with van der Waals surface area (Å²) in [7, 11) is -3.29. The normalized spacial score (nSPS) is 37.9. The second kappa shape index (κ2) is 8.92. The van der Waals surface area contributed by atoms with Gasteiger partial charge in [0, 0.05) is 44.7 Å². The van der Waals surface area contributed by atoms with Crippen molar-refractivity contribution in [2.75, 3.05) is 38.5 Å². The van der Waals surface area contributed by atoms with Gasteiger partial charge in [-0.15, -0.1) is 0 Å². The van der Waals surface area contributed by atoms with Crippen LogP contribution in [0.25, 0.3) is 0 Å². The fourth-order valence-corrected chi connectivity index (χ4v) is 8.87. The van der Waals surface area contributed by atoms with Crippen molar-refractivity contribution >= 4 is 15.9 Å². The first-order valence-electron chi connectivity index (χ1n) is 12.6. The Labute approximate surface area is 187 Å². The Bertz CT molecular complexity index is 729. The highest BCUT2D eigenvalue weighted by atomic mass is 32.2. The van der Waals surface area contributed by atoms with E-state index in [0.717, 1.165) is 37.8 Å². The highest BCUT2D eigenvalue weighted by Crippen LogP contribution is 2.53. The number of carbonyl (C=O) groups is 1. The third-order valence-corrected chi connectivity index (χ3v) is 10.8. The average molecular weight is 454 g/mol. The Hall–Kier alpha value is -0.700. The van der Waals surface area contributed by atoms with Gasteiger partial charge in [0.25, 0.3) is 0 Å². The molecule has 0 spiro atoms. The van der Waals surface area contributed by atoms with Crippen LogP contribution < -0.4 is 5.32 Å². The van der Waals surface area contributed by atoms with Crippen LogP contribution in [0, 0.1) is 29.6 Å². The minimum atomic E-state index is -3.29. The lowest BCUT2D eigenvalue weighted by Gasteiger charge is -2.54. The van der Waals surface area contributed by atoms with Gasteiger partial charge in [-0.3, -0.25) is 4.79 Å². The number of rotatable bonds is 6. The molecule has 0 aromatic carbocycles. The van der Waals surface area contributed by atoms with Crippen molar-refractivity contribution in [3.05, 3.63) is 0 Å². The van der Waals surface area contributed by atoms with Crippen molar-refractivity contribution in [1.82, 2.24) is 14.5 Å². The first-order valence-corrected chi connectivity index (χ1v) is 14.2. The van der Waals surface area contributed by atoms with Crippen LogP contribution >= 0.6 is 0 Å². The topological polar surface area (TPSA) is 90.0 Å². The van der Waals surface area contributed by atoms with Gasteiger partial charge in [0.2, 0.25) is 15.9 Å². The smallest absolute Gasteiger partial charge is 0.223 e. The summed E-state index contributed by atoms with van der Waals surface area (Å²) in [5.41, 5.74) is 0. The molecule has 31 heavy (non-hydrogen) atoms. The van der Waals surface area contributed by atoms with Crippen molar-refractivity contribution in [2.24, 2.45) is 29.6 Å². The van der Waals surface area contributed by atoms with Crippen LogP contribution in [0.5, 0.6) is 0 Å². The van der Waals surface area contributed by atoms with E-state index in [1.807, 2.05) is 0 Å². The van der Waals surface area contributed by atoms with Gasteiger partial charge < -0.3 is 15.3 Å². The number of hydrogen-bond acceptors (Lipinski definition) is 5. The number of nitrogens with one attached hydrogen (secondary N) is 1. The average Bonchev–Trinajstić information content (AvgIpc) is 2.75. The van der Waals surface area contributed by atoms with Crippen molar-refractivity contribution in [1.29, 1.82) is 0 Å². The summed E-state index contributed by atoms with van der Waals surface area (Å²) >= 11 is 0. The van der Waals surface area contributed by atoms with Gasteiger partial charge in [-0.25, -0.2) is 12.7 Å². The number of likely N-dealkylation sites (tertiary alicyclic amines) is 1. The second-order valence-corrected chi connectivity index (χ2v) is 13.1. The monoisotopic (exact) mass is 453 g/mol. The predicted molar refractivity (Wildman–Crippen MR) is 119 cm³/mol. The number of amides is 1. The molecule has 6 fully saturated rings. The summed E-state index contributed by atoms with van der Waals surface area (Å²) in [6.07, 6.45) is 9.08. The molecule has 4 saturated carbocycles. The van der Waals surface area contributed by atoms with Gasteiger partial charge in [-0.2, -0.15) is 0 Å². The Balaban J connectivity index is 1.08. The van der Waals surface area contributed by atoms with Crippen LogP contribution in [0.3, 0.4) is 0 Å². The van der Waals surface area contributed by atoms with E-state index in [0.29, 0.717) is 50.4 Å². The zero-order valence-electron chi connectivity index (χ0n) is 18.6. The molecule has 2 aliphatic heterocycles. The van der Waals surface area contributed by atoms with Gasteiger partial charge in [0.1, 0.15) is 0 Å². The SMILES string of the molecule is O=C(NC1C2CC3CC(C2)CC1C3)C1CCN(S(=O)(=O)CCN2CCC(O)CC2)CC1. The number of aliphatic hydroxyl groups excluding tert-OH is 1. The lowest BCUT2D eigenvalue weighted by atomic mass is 9.54. The van der Waals surface area contributed by atoms with Crippen LogP contribution in [-0.2, 0) is 14.8 Å². The largest absolute Gasteiger partial charge is 0.393 e. The molecule has 8 heteroatoms. The third kappa shape index (κ3) is 4.82. The van der Waals surface area contributed by atoms with Crippen molar-refractivity contribution in [3.63, 3.8) is 0 Å². The Morgan fingerprint density at radius 3 is 2.03 bits per heavy atom. The highest BCUT2D eigenvalue weighted by molar-refractivity contribution is 7.89. The molecular weight excluding hydrogens is 414 g/mol. The first-order chi connectivity index (χ1) is 14.9. The van der Waals surface area contributed by atoms with Crippen LogP contribution in [0.1, 0.15) is 57.8 Å². The molecule has 0 atom stereocenters. The van der Waals surface area contributed by atoms with Crippen LogP contribution in [0.15, 0.2) is 0 Å². The molecule has 4 bridgehead atoms. The maximum absolute atomic E-state index is 13.0. The van der Waals surface area contributed by atoms with Gasteiger partial charge in [-0.1, -0.05) is 0 Å². The van der Waals surface area contributed by atoms with Crippen LogP contribution in [0.2, 0.25) is 0 Å². The minimum Gasteiger partial charge on any atom is -0.393 e. The van der Waals surface area contributed by atoms with E-state index in [2.05, 4.69) is 10.2 Å². The van der Waals surface area contributed by atoms with Crippen molar-refractivity contribution in [2.45, 2.75) is 69.9 Å². The zero-order chi connectivity index (χ0) is 21.6. The second-order valence-electron chi connectivity index (χ2n) is 11.0. The molecule has 1 amide bonds. The summed E-state index contributed by atoms with van der Waals surface area (Å²) < 4.78 is 27.2. The standard InChI is InChI=1S/C23H39N3O4S/c27-21-3-5-25(6-4-21)9-10-31(29,30)26-7-1-18(2-8-26)23(28)24-22-19-12-16-11-17(14-19)15-20(22)13-16/h16-22,27H,1-15H2,(H,24,28). The third-order valence-electron chi connectivity index (χ3n) is 8.98. The lowest BCUT2D eigenvalue weighted by molar-refractivity contribution is -0.130. The maximum Gasteiger partial charge on any atom is 0.223 e. The van der Waals surface area contributed by atoms with E-state index >= 15 is 0 Å². The molecule has 2 heterocycles. The first kappa shape index (κ1) is 22.1. The van der Waals surface area contributed by atoms with E-state index in [-0.39, 0.29) is 23.7 Å². The molecule has 0 aromatic heterocycles. The lowest BCUT2D eigenvalue weighted by Crippen LogP contribution is -2.57. The summed E-state index contributed by atoms with van der Waals surface area (Å²) in [5, 5.41) is 13.0. The summed E-state index contributed by atoms with van der Waals surface area (Å²) in [6.45, 7) is 2.98.